The van der Waals surface area contributed by atoms with Crippen molar-refractivity contribution < 1.29 is 4.74 Å². The first-order valence-electron chi connectivity index (χ1n) is 6.52. The lowest BCUT2D eigenvalue weighted by Crippen LogP contribution is -2.26. The molecule has 112 valence electrons. The third-order valence-corrected chi connectivity index (χ3v) is 3.96. The van der Waals surface area contributed by atoms with E-state index in [9.17, 15) is 4.79 Å². The predicted molar refractivity (Wildman–Crippen MR) is 91.2 cm³/mol. The number of methoxy groups -OCH3 is 1. The Kier molecular flexibility index (Phi) is 5.57. The van der Waals surface area contributed by atoms with Crippen LogP contribution in [0.4, 0.5) is 11.5 Å². The van der Waals surface area contributed by atoms with Crippen molar-refractivity contribution in [1.82, 2.24) is 9.97 Å². The fourth-order valence-corrected chi connectivity index (χ4v) is 2.53. The summed E-state index contributed by atoms with van der Waals surface area (Å²) in [5.41, 5.74) is 6.38. The van der Waals surface area contributed by atoms with Crippen molar-refractivity contribution in [3.8, 4) is 5.75 Å². The van der Waals surface area contributed by atoms with Gasteiger partial charge in [-0.1, -0.05) is 6.07 Å². The Hall–Kier alpha value is -1.61. The maximum absolute atomic E-state index is 11.8. The number of ether oxygens (including phenoxy) is 1. The van der Waals surface area contributed by atoms with Gasteiger partial charge in [-0.25, -0.2) is 4.98 Å². The molecule has 1 heterocycles. The molecular formula is C14H17IN4O2. The quantitative estimate of drug-likeness (QED) is 0.724. The number of halogens is 1. The monoisotopic (exact) mass is 400 g/mol. The van der Waals surface area contributed by atoms with Crippen LogP contribution in [-0.4, -0.2) is 30.2 Å². The lowest BCUT2D eigenvalue weighted by molar-refractivity contribution is 0.415. The molecule has 0 atom stereocenters. The number of aromatic nitrogens is 2. The summed E-state index contributed by atoms with van der Waals surface area (Å²) in [6.45, 7) is 1.25. The maximum atomic E-state index is 11.8. The first kappa shape index (κ1) is 15.8. The number of H-pyrrole nitrogens is 1. The molecular weight excluding hydrogens is 383 g/mol. The number of nitrogens with one attached hydrogen (secondary N) is 1. The van der Waals surface area contributed by atoms with Gasteiger partial charge in [0.2, 0.25) is 0 Å². The number of aromatic amines is 1. The molecule has 0 saturated carbocycles. The average Bonchev–Trinajstić information content (AvgIpc) is 2.52. The predicted octanol–water partition coefficient (Wildman–Crippen LogP) is 1.87. The second-order valence-corrected chi connectivity index (χ2v) is 5.44. The van der Waals surface area contributed by atoms with Crippen molar-refractivity contribution in [2.24, 2.45) is 5.73 Å². The van der Waals surface area contributed by atoms with Crippen molar-refractivity contribution in [3.05, 3.63) is 44.5 Å². The van der Waals surface area contributed by atoms with Crippen molar-refractivity contribution >= 4 is 34.1 Å². The molecule has 0 amide bonds. The lowest BCUT2D eigenvalue weighted by atomic mass is 10.2. The van der Waals surface area contributed by atoms with Crippen molar-refractivity contribution in [2.45, 2.75) is 6.42 Å². The number of nitrogens with zero attached hydrogens (tertiary/aromatic N) is 2. The fraction of sp³-hybridized carbons (Fsp3) is 0.286. The van der Waals surface area contributed by atoms with Gasteiger partial charge in [0.1, 0.15) is 9.32 Å². The highest BCUT2D eigenvalue weighted by Gasteiger charge is 2.16. The van der Waals surface area contributed by atoms with Crippen LogP contribution in [0.2, 0.25) is 0 Å². The first-order chi connectivity index (χ1) is 10.2. The highest BCUT2D eigenvalue weighted by Crippen LogP contribution is 2.28. The van der Waals surface area contributed by atoms with E-state index in [-0.39, 0.29) is 5.56 Å². The minimum absolute atomic E-state index is 0.152. The molecule has 0 aliphatic heterocycles. The SMILES string of the molecule is COc1cccc(N(CCCN)c2nc[nH]c(=O)c2I)c1. The van der Waals surface area contributed by atoms with E-state index in [1.165, 1.54) is 6.33 Å². The molecule has 0 radical (unpaired) electrons. The van der Waals surface area contributed by atoms with Crippen LogP contribution in [0.25, 0.3) is 0 Å². The zero-order valence-corrected chi connectivity index (χ0v) is 13.8. The second kappa shape index (κ2) is 7.41. The number of hydrogen-bond donors (Lipinski definition) is 2. The largest absolute Gasteiger partial charge is 0.497 e. The van der Waals surface area contributed by atoms with Gasteiger partial charge in [-0.3, -0.25) is 4.79 Å². The molecule has 6 nitrogen and oxygen atoms in total. The third-order valence-electron chi connectivity index (χ3n) is 2.98. The number of anilines is 2. The lowest BCUT2D eigenvalue weighted by Gasteiger charge is -2.24. The van der Waals surface area contributed by atoms with Gasteiger partial charge in [0.15, 0.2) is 5.82 Å². The molecule has 0 aliphatic rings. The van der Waals surface area contributed by atoms with Crippen molar-refractivity contribution in [2.75, 3.05) is 25.1 Å². The molecule has 1 aromatic heterocycles. The third kappa shape index (κ3) is 3.73. The summed E-state index contributed by atoms with van der Waals surface area (Å²) in [5, 5.41) is 0. The molecule has 2 rings (SSSR count). The summed E-state index contributed by atoms with van der Waals surface area (Å²) in [5.74, 6) is 1.38. The number of nitrogens with two attached hydrogens (primary N) is 1. The van der Waals surface area contributed by atoms with E-state index in [2.05, 4.69) is 9.97 Å². The van der Waals surface area contributed by atoms with Crippen LogP contribution < -0.4 is 20.9 Å². The highest BCUT2D eigenvalue weighted by atomic mass is 127. The Morgan fingerprint density at radius 3 is 3.00 bits per heavy atom. The fourth-order valence-electron chi connectivity index (χ4n) is 1.95. The number of benzene rings is 1. The smallest absolute Gasteiger partial charge is 0.266 e. The topological polar surface area (TPSA) is 84.2 Å². The molecule has 0 aliphatic carbocycles. The van der Waals surface area contributed by atoms with Gasteiger partial charge in [0.05, 0.1) is 13.4 Å². The average molecular weight is 400 g/mol. The minimum Gasteiger partial charge on any atom is -0.497 e. The molecule has 7 heteroatoms. The summed E-state index contributed by atoms with van der Waals surface area (Å²) in [7, 11) is 1.62. The summed E-state index contributed by atoms with van der Waals surface area (Å²) >= 11 is 2.01. The first-order valence-corrected chi connectivity index (χ1v) is 7.60. The Balaban J connectivity index is 2.46. The Labute approximate surface area is 136 Å². The Bertz CT molecular complexity index is 659. The Morgan fingerprint density at radius 1 is 1.48 bits per heavy atom. The van der Waals surface area contributed by atoms with Gasteiger partial charge in [-0.15, -0.1) is 0 Å². The minimum atomic E-state index is -0.152. The zero-order valence-electron chi connectivity index (χ0n) is 11.7. The van der Waals surface area contributed by atoms with Crippen molar-refractivity contribution in [1.29, 1.82) is 0 Å². The van der Waals surface area contributed by atoms with Crippen LogP contribution in [0.15, 0.2) is 35.4 Å². The molecule has 0 fully saturated rings. The van der Waals surface area contributed by atoms with Crippen LogP contribution in [0, 0.1) is 3.57 Å². The second-order valence-electron chi connectivity index (χ2n) is 4.36. The molecule has 0 bridgehead atoms. The Morgan fingerprint density at radius 2 is 2.29 bits per heavy atom. The van der Waals surface area contributed by atoms with E-state index in [0.29, 0.717) is 22.5 Å². The molecule has 21 heavy (non-hydrogen) atoms. The molecule has 3 N–H and O–H groups in total. The van der Waals surface area contributed by atoms with Crippen LogP contribution >= 0.6 is 22.6 Å². The van der Waals surface area contributed by atoms with Gasteiger partial charge in [0, 0.05) is 18.3 Å². The van der Waals surface area contributed by atoms with E-state index >= 15 is 0 Å². The van der Waals surface area contributed by atoms with Gasteiger partial charge in [0.25, 0.3) is 5.56 Å². The molecule has 0 spiro atoms. The highest BCUT2D eigenvalue weighted by molar-refractivity contribution is 14.1. The van der Waals surface area contributed by atoms with E-state index in [1.807, 2.05) is 51.8 Å². The van der Waals surface area contributed by atoms with E-state index in [0.717, 1.165) is 17.9 Å². The van der Waals surface area contributed by atoms with E-state index in [4.69, 9.17) is 10.5 Å². The summed E-state index contributed by atoms with van der Waals surface area (Å²) in [4.78, 5) is 20.7. The van der Waals surface area contributed by atoms with E-state index < -0.39 is 0 Å². The summed E-state index contributed by atoms with van der Waals surface area (Å²) in [6, 6.07) is 7.65. The molecule has 1 aromatic carbocycles. The van der Waals surface area contributed by atoms with Crippen molar-refractivity contribution in [3.63, 3.8) is 0 Å². The number of rotatable bonds is 6. The van der Waals surface area contributed by atoms with Gasteiger partial charge >= 0.3 is 0 Å². The molecule has 0 saturated heterocycles. The summed E-state index contributed by atoms with van der Waals surface area (Å²) < 4.78 is 5.81. The molecule has 2 aromatic rings. The van der Waals surface area contributed by atoms with E-state index in [1.54, 1.807) is 7.11 Å². The standard InChI is InChI=1S/C14H17IN4O2/c1-21-11-5-2-4-10(8-11)19(7-3-6-16)13-12(15)14(20)18-9-17-13/h2,4-5,8-9H,3,6-7,16H2,1H3,(H,17,18,20). The van der Waals surface area contributed by atoms with Crippen LogP contribution in [0.5, 0.6) is 5.75 Å². The van der Waals surface area contributed by atoms with Crippen LogP contribution in [0.1, 0.15) is 6.42 Å². The van der Waals surface area contributed by atoms with Crippen LogP contribution in [-0.2, 0) is 0 Å². The van der Waals surface area contributed by atoms with Gasteiger partial charge in [-0.05, 0) is 47.7 Å². The normalized spacial score (nSPS) is 10.4. The molecule has 0 unspecified atom stereocenters. The number of hydrogen-bond acceptors (Lipinski definition) is 5. The maximum Gasteiger partial charge on any atom is 0.266 e. The van der Waals surface area contributed by atoms with Crippen LogP contribution in [0.3, 0.4) is 0 Å². The summed E-state index contributed by atoms with van der Waals surface area (Å²) in [6.07, 6.45) is 2.21. The zero-order chi connectivity index (χ0) is 15.2. The van der Waals surface area contributed by atoms with Gasteiger partial charge < -0.3 is 20.4 Å². The van der Waals surface area contributed by atoms with Gasteiger partial charge in [-0.2, -0.15) is 0 Å².